The molecule has 1 fully saturated rings. The third kappa shape index (κ3) is 4.24. The maximum absolute atomic E-state index is 11.7. The molecule has 1 amide bonds. The Bertz CT molecular complexity index is 408. The van der Waals surface area contributed by atoms with Crippen LogP contribution in [0, 0.1) is 0 Å². The predicted octanol–water partition coefficient (Wildman–Crippen LogP) is 2.22. The average Bonchev–Trinajstić information content (AvgIpc) is 2.91. The standard InChI is InChI=1S/C15H23N3O/c1-12(2)16-11-15(19)17-13-5-7-14(8-6-13)18-9-3-4-10-18/h5-8,12,16H,3-4,9-11H2,1-2H3,(H,17,19). The summed E-state index contributed by atoms with van der Waals surface area (Å²) in [5, 5.41) is 6.00. The van der Waals surface area contributed by atoms with Crippen LogP contribution in [0.2, 0.25) is 0 Å². The van der Waals surface area contributed by atoms with E-state index in [1.165, 1.54) is 18.5 Å². The summed E-state index contributed by atoms with van der Waals surface area (Å²) in [5.41, 5.74) is 2.11. The van der Waals surface area contributed by atoms with Gasteiger partial charge < -0.3 is 15.5 Å². The summed E-state index contributed by atoms with van der Waals surface area (Å²) in [4.78, 5) is 14.1. The first kappa shape index (κ1) is 13.9. The number of carbonyl (C=O) groups excluding carboxylic acids is 1. The lowest BCUT2D eigenvalue weighted by Crippen LogP contribution is -2.32. The fourth-order valence-electron chi connectivity index (χ4n) is 2.23. The van der Waals surface area contributed by atoms with Crippen LogP contribution in [0.15, 0.2) is 24.3 Å². The Morgan fingerprint density at radius 2 is 1.84 bits per heavy atom. The van der Waals surface area contributed by atoms with Gasteiger partial charge in [-0.25, -0.2) is 0 Å². The lowest BCUT2D eigenvalue weighted by atomic mass is 10.2. The van der Waals surface area contributed by atoms with Gasteiger partial charge in [-0.05, 0) is 37.1 Å². The number of hydrogen-bond donors (Lipinski definition) is 2. The highest BCUT2D eigenvalue weighted by Gasteiger charge is 2.12. The van der Waals surface area contributed by atoms with Crippen molar-refractivity contribution in [3.63, 3.8) is 0 Å². The summed E-state index contributed by atoms with van der Waals surface area (Å²) < 4.78 is 0. The van der Waals surface area contributed by atoms with Crippen molar-refractivity contribution in [3.05, 3.63) is 24.3 Å². The maximum atomic E-state index is 11.7. The third-order valence-electron chi connectivity index (χ3n) is 3.29. The Morgan fingerprint density at radius 1 is 1.21 bits per heavy atom. The van der Waals surface area contributed by atoms with Gasteiger partial charge in [-0.1, -0.05) is 13.8 Å². The second kappa shape index (κ2) is 6.57. The Labute approximate surface area is 115 Å². The van der Waals surface area contributed by atoms with Gasteiger partial charge in [0, 0.05) is 30.5 Å². The molecule has 0 aliphatic carbocycles. The van der Waals surface area contributed by atoms with Gasteiger partial charge in [-0.2, -0.15) is 0 Å². The highest BCUT2D eigenvalue weighted by atomic mass is 16.1. The normalized spacial score (nSPS) is 15.0. The highest BCUT2D eigenvalue weighted by molar-refractivity contribution is 5.92. The van der Waals surface area contributed by atoms with E-state index in [0.29, 0.717) is 12.6 Å². The van der Waals surface area contributed by atoms with Crippen molar-refractivity contribution < 1.29 is 4.79 Å². The molecule has 4 nitrogen and oxygen atoms in total. The number of hydrogen-bond acceptors (Lipinski definition) is 3. The van der Waals surface area contributed by atoms with E-state index in [-0.39, 0.29) is 5.91 Å². The molecule has 0 bridgehead atoms. The van der Waals surface area contributed by atoms with Crippen molar-refractivity contribution in [1.29, 1.82) is 0 Å². The number of carbonyl (C=O) groups is 1. The SMILES string of the molecule is CC(C)NCC(=O)Nc1ccc(N2CCCC2)cc1. The first-order valence-corrected chi connectivity index (χ1v) is 7.03. The van der Waals surface area contributed by atoms with Gasteiger partial charge in [0.15, 0.2) is 0 Å². The molecule has 0 radical (unpaired) electrons. The fourth-order valence-corrected chi connectivity index (χ4v) is 2.23. The minimum atomic E-state index is 0.00243. The lowest BCUT2D eigenvalue weighted by Gasteiger charge is -2.17. The van der Waals surface area contributed by atoms with Crippen molar-refractivity contribution in [2.45, 2.75) is 32.7 Å². The van der Waals surface area contributed by atoms with Gasteiger partial charge in [-0.3, -0.25) is 4.79 Å². The Kier molecular flexibility index (Phi) is 4.80. The zero-order valence-electron chi connectivity index (χ0n) is 11.8. The molecule has 0 spiro atoms. The second-order valence-electron chi connectivity index (χ2n) is 5.32. The maximum Gasteiger partial charge on any atom is 0.238 e. The molecule has 2 N–H and O–H groups in total. The molecule has 0 atom stereocenters. The molecule has 19 heavy (non-hydrogen) atoms. The van der Waals surface area contributed by atoms with E-state index in [1.807, 2.05) is 26.0 Å². The molecule has 1 aromatic carbocycles. The number of benzene rings is 1. The van der Waals surface area contributed by atoms with Crippen molar-refractivity contribution in [2.75, 3.05) is 29.9 Å². The predicted molar refractivity (Wildman–Crippen MR) is 79.7 cm³/mol. The molecule has 1 aliphatic heterocycles. The van der Waals surface area contributed by atoms with Gasteiger partial charge in [0.25, 0.3) is 0 Å². The van der Waals surface area contributed by atoms with Crippen LogP contribution in [0.3, 0.4) is 0 Å². The minimum Gasteiger partial charge on any atom is -0.372 e. The molecule has 4 heteroatoms. The Hall–Kier alpha value is -1.55. The summed E-state index contributed by atoms with van der Waals surface area (Å²) in [6.45, 7) is 6.69. The van der Waals surface area contributed by atoms with Crippen molar-refractivity contribution in [1.82, 2.24) is 5.32 Å². The molecule has 1 aliphatic rings. The number of anilines is 2. The summed E-state index contributed by atoms with van der Waals surface area (Å²) in [6.07, 6.45) is 2.55. The van der Waals surface area contributed by atoms with Crippen LogP contribution in [-0.4, -0.2) is 31.6 Å². The molecule has 104 valence electrons. The van der Waals surface area contributed by atoms with Gasteiger partial charge in [0.2, 0.25) is 5.91 Å². The van der Waals surface area contributed by atoms with Crippen LogP contribution < -0.4 is 15.5 Å². The zero-order chi connectivity index (χ0) is 13.7. The molecule has 1 heterocycles. The van der Waals surface area contributed by atoms with Gasteiger partial charge >= 0.3 is 0 Å². The number of nitrogens with one attached hydrogen (secondary N) is 2. The van der Waals surface area contributed by atoms with E-state index in [0.717, 1.165) is 18.8 Å². The minimum absolute atomic E-state index is 0.00243. The number of rotatable bonds is 5. The van der Waals surface area contributed by atoms with E-state index in [2.05, 4.69) is 27.7 Å². The van der Waals surface area contributed by atoms with Crippen LogP contribution >= 0.6 is 0 Å². The van der Waals surface area contributed by atoms with Gasteiger partial charge in [0.05, 0.1) is 6.54 Å². The monoisotopic (exact) mass is 261 g/mol. The molecular formula is C15H23N3O. The Morgan fingerprint density at radius 3 is 2.42 bits per heavy atom. The van der Waals surface area contributed by atoms with Gasteiger partial charge in [-0.15, -0.1) is 0 Å². The van der Waals surface area contributed by atoms with Crippen LogP contribution in [0.5, 0.6) is 0 Å². The molecule has 0 saturated carbocycles. The van der Waals surface area contributed by atoms with Crippen molar-refractivity contribution in [3.8, 4) is 0 Å². The molecule has 1 saturated heterocycles. The third-order valence-corrected chi connectivity index (χ3v) is 3.29. The fraction of sp³-hybridized carbons (Fsp3) is 0.533. The molecule has 1 aromatic rings. The quantitative estimate of drug-likeness (QED) is 0.854. The van der Waals surface area contributed by atoms with Crippen molar-refractivity contribution >= 4 is 17.3 Å². The van der Waals surface area contributed by atoms with Crippen molar-refractivity contribution in [2.24, 2.45) is 0 Å². The Balaban J connectivity index is 1.86. The largest absolute Gasteiger partial charge is 0.372 e. The second-order valence-corrected chi connectivity index (χ2v) is 5.32. The van der Waals surface area contributed by atoms with E-state index in [1.54, 1.807) is 0 Å². The average molecular weight is 261 g/mol. The summed E-state index contributed by atoms with van der Waals surface area (Å²) in [7, 11) is 0. The molecule has 0 unspecified atom stereocenters. The lowest BCUT2D eigenvalue weighted by molar-refractivity contribution is -0.115. The van der Waals surface area contributed by atoms with Crippen LogP contribution in [0.4, 0.5) is 11.4 Å². The summed E-state index contributed by atoms with van der Waals surface area (Å²) in [6, 6.07) is 8.43. The summed E-state index contributed by atoms with van der Waals surface area (Å²) in [5.74, 6) is 0.00243. The van der Waals surface area contributed by atoms with E-state index >= 15 is 0 Å². The van der Waals surface area contributed by atoms with Crippen LogP contribution in [0.1, 0.15) is 26.7 Å². The van der Waals surface area contributed by atoms with Crippen LogP contribution in [-0.2, 0) is 4.79 Å². The molecule has 2 rings (SSSR count). The summed E-state index contributed by atoms with van der Waals surface area (Å²) >= 11 is 0. The van der Waals surface area contributed by atoms with Crippen LogP contribution in [0.25, 0.3) is 0 Å². The number of amides is 1. The zero-order valence-corrected chi connectivity index (χ0v) is 11.8. The molecule has 0 aromatic heterocycles. The first-order chi connectivity index (χ1) is 9.15. The smallest absolute Gasteiger partial charge is 0.238 e. The first-order valence-electron chi connectivity index (χ1n) is 7.03. The topological polar surface area (TPSA) is 44.4 Å². The van der Waals surface area contributed by atoms with E-state index in [4.69, 9.17) is 0 Å². The van der Waals surface area contributed by atoms with E-state index < -0.39 is 0 Å². The van der Waals surface area contributed by atoms with E-state index in [9.17, 15) is 4.79 Å². The number of nitrogens with zero attached hydrogens (tertiary/aromatic N) is 1. The molecular weight excluding hydrogens is 238 g/mol. The highest BCUT2D eigenvalue weighted by Crippen LogP contribution is 2.21. The van der Waals surface area contributed by atoms with Gasteiger partial charge in [0.1, 0.15) is 0 Å².